The van der Waals surface area contributed by atoms with E-state index in [1.54, 1.807) is 6.92 Å². The summed E-state index contributed by atoms with van der Waals surface area (Å²) in [5, 5.41) is 16.1. The molecule has 0 saturated heterocycles. The molecule has 2 atom stereocenters. The highest BCUT2D eigenvalue weighted by Gasteiger charge is 2.19. The van der Waals surface area contributed by atoms with E-state index in [-0.39, 0.29) is 6.42 Å². The smallest absolute Gasteiger partial charge is 0.321 e. The van der Waals surface area contributed by atoms with E-state index < -0.39 is 23.2 Å². The molecule has 0 radical (unpaired) electrons. The molecule has 0 aromatic rings. The third kappa shape index (κ3) is 4.72. The number of carboxylic acid groups (broad SMARTS) is 2. The van der Waals surface area contributed by atoms with Gasteiger partial charge >= 0.3 is 11.9 Å². The molecule has 0 aromatic heterocycles. The minimum absolute atomic E-state index is 0.196. The molecule has 13 heavy (non-hydrogen) atoms. The molecular formula is C8H13ClO4. The molecule has 0 spiro atoms. The predicted octanol–water partition coefficient (Wildman–Crippen LogP) is 1.57. The molecule has 0 fully saturated rings. The Labute approximate surface area is 81.5 Å². The third-order valence-corrected chi connectivity index (χ3v) is 2.28. The van der Waals surface area contributed by atoms with Gasteiger partial charge < -0.3 is 10.2 Å². The highest BCUT2D eigenvalue weighted by atomic mass is 35.5. The quantitative estimate of drug-likeness (QED) is 0.650. The van der Waals surface area contributed by atoms with Crippen molar-refractivity contribution in [2.45, 2.75) is 31.6 Å². The van der Waals surface area contributed by atoms with Crippen molar-refractivity contribution >= 4 is 23.5 Å². The second-order valence-electron chi connectivity index (χ2n) is 2.83. The highest BCUT2D eigenvalue weighted by molar-refractivity contribution is 6.29. The molecule has 2 unspecified atom stereocenters. The van der Waals surface area contributed by atoms with Crippen molar-refractivity contribution in [2.75, 3.05) is 0 Å². The number of hydrogen-bond acceptors (Lipinski definition) is 2. The first-order chi connectivity index (χ1) is 5.99. The number of carbonyl (C=O) groups is 2. The molecule has 4 nitrogen and oxygen atoms in total. The summed E-state index contributed by atoms with van der Waals surface area (Å²) >= 11 is 5.43. The zero-order valence-corrected chi connectivity index (χ0v) is 8.12. The fourth-order valence-electron chi connectivity index (χ4n) is 0.973. The minimum atomic E-state index is -1.10. The summed E-state index contributed by atoms with van der Waals surface area (Å²) in [6, 6.07) is 0. The summed E-state index contributed by atoms with van der Waals surface area (Å²) in [4.78, 5) is 20.8. The SMILES string of the molecule is CCC(CCC(Cl)C(=O)O)C(=O)O. The van der Waals surface area contributed by atoms with Crippen LogP contribution in [0.15, 0.2) is 0 Å². The number of halogens is 1. The van der Waals surface area contributed by atoms with E-state index in [1.165, 1.54) is 0 Å². The number of aliphatic carboxylic acids is 2. The summed E-state index contributed by atoms with van der Waals surface area (Å²) in [7, 11) is 0. The topological polar surface area (TPSA) is 74.6 Å². The van der Waals surface area contributed by atoms with Gasteiger partial charge in [0.1, 0.15) is 5.38 Å². The van der Waals surface area contributed by atoms with Crippen LogP contribution in [-0.2, 0) is 9.59 Å². The van der Waals surface area contributed by atoms with E-state index in [4.69, 9.17) is 21.8 Å². The normalized spacial score (nSPS) is 14.9. The molecule has 0 saturated carbocycles. The molecule has 2 N–H and O–H groups in total. The van der Waals surface area contributed by atoms with Gasteiger partial charge in [0.05, 0.1) is 5.92 Å². The highest BCUT2D eigenvalue weighted by Crippen LogP contribution is 2.15. The Morgan fingerprint density at radius 3 is 2.08 bits per heavy atom. The Morgan fingerprint density at radius 2 is 1.77 bits per heavy atom. The van der Waals surface area contributed by atoms with Crippen molar-refractivity contribution in [3.63, 3.8) is 0 Å². The van der Waals surface area contributed by atoms with Crippen molar-refractivity contribution in [2.24, 2.45) is 5.92 Å². The monoisotopic (exact) mass is 208 g/mol. The molecule has 5 heteroatoms. The Bertz CT molecular complexity index is 193. The molecule has 0 aliphatic carbocycles. The minimum Gasteiger partial charge on any atom is -0.481 e. The van der Waals surface area contributed by atoms with Crippen LogP contribution in [0.5, 0.6) is 0 Å². The molecule has 0 aliphatic heterocycles. The fraction of sp³-hybridized carbons (Fsp3) is 0.750. The van der Waals surface area contributed by atoms with Crippen molar-refractivity contribution in [1.29, 1.82) is 0 Å². The summed E-state index contributed by atoms with van der Waals surface area (Å²) in [6.07, 6.45) is 1.01. The largest absolute Gasteiger partial charge is 0.481 e. The molecule has 0 bridgehead atoms. The average Bonchev–Trinajstić information content (AvgIpc) is 2.04. The fourth-order valence-corrected chi connectivity index (χ4v) is 1.10. The van der Waals surface area contributed by atoms with Gasteiger partial charge in [-0.1, -0.05) is 6.92 Å². The molecule has 0 aliphatic rings. The van der Waals surface area contributed by atoms with Crippen LogP contribution in [0, 0.1) is 5.92 Å². The number of carboxylic acids is 2. The first-order valence-electron chi connectivity index (χ1n) is 4.08. The second-order valence-corrected chi connectivity index (χ2v) is 3.35. The van der Waals surface area contributed by atoms with E-state index in [9.17, 15) is 9.59 Å². The lowest BCUT2D eigenvalue weighted by Crippen LogP contribution is -2.18. The summed E-state index contributed by atoms with van der Waals surface area (Å²) < 4.78 is 0. The zero-order chi connectivity index (χ0) is 10.4. The maximum Gasteiger partial charge on any atom is 0.321 e. The lowest BCUT2D eigenvalue weighted by Gasteiger charge is -2.09. The van der Waals surface area contributed by atoms with Crippen LogP contribution in [0.3, 0.4) is 0 Å². The summed E-state index contributed by atoms with van der Waals surface area (Å²) in [5.41, 5.74) is 0. The van der Waals surface area contributed by atoms with Crippen molar-refractivity contribution < 1.29 is 19.8 Å². The van der Waals surface area contributed by atoms with Gasteiger partial charge in [0.15, 0.2) is 0 Å². The van der Waals surface area contributed by atoms with Gasteiger partial charge in [-0.2, -0.15) is 0 Å². The van der Waals surface area contributed by atoms with Gasteiger partial charge in [0.2, 0.25) is 0 Å². The van der Waals surface area contributed by atoms with Crippen LogP contribution < -0.4 is 0 Å². The van der Waals surface area contributed by atoms with Crippen LogP contribution in [0.4, 0.5) is 0 Å². The van der Waals surface area contributed by atoms with Crippen LogP contribution in [0.2, 0.25) is 0 Å². The number of hydrogen-bond donors (Lipinski definition) is 2. The van der Waals surface area contributed by atoms with Crippen LogP contribution in [-0.4, -0.2) is 27.5 Å². The molecule has 0 amide bonds. The number of alkyl halides is 1. The van der Waals surface area contributed by atoms with E-state index >= 15 is 0 Å². The molecule has 0 aromatic carbocycles. The molecular weight excluding hydrogens is 196 g/mol. The van der Waals surface area contributed by atoms with E-state index in [0.717, 1.165) is 0 Å². The molecule has 76 valence electrons. The van der Waals surface area contributed by atoms with Gasteiger partial charge in [-0.3, -0.25) is 9.59 Å². The Morgan fingerprint density at radius 1 is 1.23 bits per heavy atom. The molecule has 0 rings (SSSR count). The van der Waals surface area contributed by atoms with Crippen molar-refractivity contribution in [1.82, 2.24) is 0 Å². The van der Waals surface area contributed by atoms with Gasteiger partial charge in [0, 0.05) is 0 Å². The second kappa shape index (κ2) is 5.80. The lowest BCUT2D eigenvalue weighted by molar-refractivity contribution is -0.143. The van der Waals surface area contributed by atoms with E-state index in [2.05, 4.69) is 0 Å². The maximum absolute atomic E-state index is 10.5. The third-order valence-electron chi connectivity index (χ3n) is 1.88. The van der Waals surface area contributed by atoms with Gasteiger partial charge in [0.25, 0.3) is 0 Å². The van der Waals surface area contributed by atoms with Crippen LogP contribution in [0.25, 0.3) is 0 Å². The van der Waals surface area contributed by atoms with Crippen molar-refractivity contribution in [3.8, 4) is 0 Å². The maximum atomic E-state index is 10.5. The first kappa shape index (κ1) is 12.2. The number of rotatable bonds is 6. The van der Waals surface area contributed by atoms with Crippen LogP contribution in [0.1, 0.15) is 26.2 Å². The van der Waals surface area contributed by atoms with E-state index in [1.807, 2.05) is 0 Å². The average molecular weight is 209 g/mol. The van der Waals surface area contributed by atoms with Crippen molar-refractivity contribution in [3.05, 3.63) is 0 Å². The first-order valence-corrected chi connectivity index (χ1v) is 4.52. The van der Waals surface area contributed by atoms with Gasteiger partial charge in [-0.25, -0.2) is 0 Å². The van der Waals surface area contributed by atoms with E-state index in [0.29, 0.717) is 12.8 Å². The molecule has 0 heterocycles. The Balaban J connectivity index is 3.85. The predicted molar refractivity (Wildman–Crippen MR) is 47.9 cm³/mol. The zero-order valence-electron chi connectivity index (χ0n) is 7.36. The lowest BCUT2D eigenvalue weighted by atomic mass is 9.99. The summed E-state index contributed by atoms with van der Waals surface area (Å²) in [5.74, 6) is -2.47. The Hall–Kier alpha value is -0.770. The Kier molecular flexibility index (Phi) is 5.46. The van der Waals surface area contributed by atoms with Gasteiger partial charge in [-0.05, 0) is 19.3 Å². The standard InChI is InChI=1S/C8H13ClO4/c1-2-5(7(10)11)3-4-6(9)8(12)13/h5-6H,2-4H2,1H3,(H,10,11)(H,12,13). The van der Waals surface area contributed by atoms with Crippen LogP contribution >= 0.6 is 11.6 Å². The summed E-state index contributed by atoms with van der Waals surface area (Å²) in [6.45, 7) is 1.75. The van der Waals surface area contributed by atoms with Gasteiger partial charge in [-0.15, -0.1) is 11.6 Å².